The van der Waals surface area contributed by atoms with Crippen LogP contribution >= 0.6 is 15.9 Å². The van der Waals surface area contributed by atoms with Crippen molar-refractivity contribution in [2.75, 3.05) is 0 Å². The van der Waals surface area contributed by atoms with Crippen molar-refractivity contribution < 1.29 is 4.74 Å². The van der Waals surface area contributed by atoms with Gasteiger partial charge in [0.05, 0.1) is 24.9 Å². The van der Waals surface area contributed by atoms with Crippen molar-refractivity contribution in [3.63, 3.8) is 0 Å². The summed E-state index contributed by atoms with van der Waals surface area (Å²) in [5.74, 6) is 0. The third-order valence-electron chi connectivity index (χ3n) is 2.45. The number of fused-ring (bicyclic) bond motifs is 1. The molecule has 0 saturated heterocycles. The minimum atomic E-state index is 0.659. The minimum Gasteiger partial charge on any atom is -0.370 e. The Bertz CT molecular complexity index is 330. The van der Waals surface area contributed by atoms with Gasteiger partial charge in [0, 0.05) is 5.56 Å². The summed E-state index contributed by atoms with van der Waals surface area (Å²) in [5.41, 5.74) is 2.53. The molecule has 0 spiro atoms. The second-order valence-electron chi connectivity index (χ2n) is 3.38. The van der Waals surface area contributed by atoms with Crippen LogP contribution in [0.2, 0.25) is 0 Å². The third-order valence-corrected chi connectivity index (χ3v) is 3.08. The van der Waals surface area contributed by atoms with Crippen molar-refractivity contribution in [3.8, 4) is 0 Å². The fraction of sp³-hybridized carbons (Fsp3) is 0.625. The first-order valence-electron chi connectivity index (χ1n) is 4.20. The quantitative estimate of drug-likeness (QED) is 0.736. The van der Waals surface area contributed by atoms with E-state index >= 15 is 0 Å². The Morgan fingerprint density at radius 1 is 1.42 bits per heavy atom. The largest absolute Gasteiger partial charge is 0.370 e. The normalized spacial score (nSPS) is 21.4. The van der Waals surface area contributed by atoms with Crippen molar-refractivity contribution in [3.05, 3.63) is 15.9 Å². The molecule has 0 atom stereocenters. The van der Waals surface area contributed by atoms with Crippen LogP contribution in [0.3, 0.4) is 0 Å². The molecule has 1 aromatic heterocycles. The smallest absolute Gasteiger partial charge is 0.134 e. The molecule has 0 aromatic carbocycles. The first-order valence-corrected chi connectivity index (χ1v) is 4.99. The van der Waals surface area contributed by atoms with Gasteiger partial charge in [-0.25, -0.2) is 0 Å². The number of rotatable bonds is 1. The lowest BCUT2D eigenvalue weighted by Gasteiger charge is -2.00. The van der Waals surface area contributed by atoms with E-state index in [4.69, 9.17) is 4.74 Å². The zero-order valence-electron chi connectivity index (χ0n) is 6.59. The van der Waals surface area contributed by atoms with Crippen LogP contribution in [0.15, 0.2) is 4.60 Å². The Labute approximate surface area is 78.8 Å². The van der Waals surface area contributed by atoms with E-state index in [-0.39, 0.29) is 0 Å². The van der Waals surface area contributed by atoms with Gasteiger partial charge < -0.3 is 4.74 Å². The number of hydrogen-bond donors (Lipinski definition) is 0. The van der Waals surface area contributed by atoms with Crippen molar-refractivity contribution in [2.45, 2.75) is 32.1 Å². The molecule has 2 aliphatic rings. The number of halogens is 1. The van der Waals surface area contributed by atoms with Crippen LogP contribution in [-0.2, 0) is 18.0 Å². The van der Waals surface area contributed by atoms with E-state index in [9.17, 15) is 0 Å². The van der Waals surface area contributed by atoms with Gasteiger partial charge in [0.15, 0.2) is 0 Å². The maximum Gasteiger partial charge on any atom is 0.134 e. The second kappa shape index (κ2) is 2.33. The number of nitrogens with zero attached hydrogens (tertiary/aromatic N) is 2. The molecule has 0 radical (unpaired) electrons. The van der Waals surface area contributed by atoms with E-state index in [1.807, 2.05) is 0 Å². The maximum absolute atomic E-state index is 5.36. The molecular formula is C8H9BrN2O. The van der Waals surface area contributed by atoms with Gasteiger partial charge in [-0.05, 0) is 28.8 Å². The molecule has 2 heterocycles. The lowest BCUT2D eigenvalue weighted by Crippen LogP contribution is -2.01. The molecule has 4 heteroatoms. The molecule has 1 aliphatic heterocycles. The van der Waals surface area contributed by atoms with E-state index in [1.165, 1.54) is 24.1 Å². The molecule has 1 aliphatic carbocycles. The molecule has 3 rings (SSSR count). The maximum atomic E-state index is 5.36. The average molecular weight is 229 g/mol. The highest BCUT2D eigenvalue weighted by atomic mass is 79.9. The van der Waals surface area contributed by atoms with Gasteiger partial charge in [0.2, 0.25) is 0 Å². The van der Waals surface area contributed by atoms with Gasteiger partial charge in [-0.15, -0.1) is 0 Å². The molecule has 64 valence electrons. The van der Waals surface area contributed by atoms with E-state index in [1.54, 1.807) is 0 Å². The highest BCUT2D eigenvalue weighted by molar-refractivity contribution is 9.10. The van der Waals surface area contributed by atoms with E-state index in [0.717, 1.165) is 17.8 Å². The summed E-state index contributed by atoms with van der Waals surface area (Å²) in [6.45, 7) is 1.47. The van der Waals surface area contributed by atoms with Crippen LogP contribution in [0.5, 0.6) is 0 Å². The predicted molar refractivity (Wildman–Crippen MR) is 46.7 cm³/mol. The molecule has 0 unspecified atom stereocenters. The lowest BCUT2D eigenvalue weighted by molar-refractivity contribution is 0.128. The van der Waals surface area contributed by atoms with Gasteiger partial charge in [0.1, 0.15) is 4.60 Å². The summed E-state index contributed by atoms with van der Waals surface area (Å²) >= 11 is 3.45. The summed E-state index contributed by atoms with van der Waals surface area (Å²) < 4.78 is 8.47. The highest BCUT2D eigenvalue weighted by Crippen LogP contribution is 2.39. The average Bonchev–Trinajstić information content (AvgIpc) is 2.68. The van der Waals surface area contributed by atoms with Gasteiger partial charge in [-0.2, -0.15) is 5.10 Å². The first kappa shape index (κ1) is 7.09. The summed E-state index contributed by atoms with van der Waals surface area (Å²) in [6, 6.07) is 0.659. The zero-order chi connectivity index (χ0) is 8.13. The fourth-order valence-corrected chi connectivity index (χ4v) is 2.15. The van der Waals surface area contributed by atoms with Crippen LogP contribution in [0.4, 0.5) is 0 Å². The van der Waals surface area contributed by atoms with Crippen molar-refractivity contribution in [2.24, 2.45) is 0 Å². The summed E-state index contributed by atoms with van der Waals surface area (Å²) in [6.07, 6.45) is 2.56. The standard InChI is InChI=1S/C8H9BrN2O/c9-8-6-3-12-4-7(6)11(10-8)5-1-2-5/h5H,1-4H2. The molecular weight excluding hydrogens is 220 g/mol. The van der Waals surface area contributed by atoms with E-state index in [0.29, 0.717) is 6.04 Å². The molecule has 0 bridgehead atoms. The Kier molecular flexibility index (Phi) is 1.37. The highest BCUT2D eigenvalue weighted by Gasteiger charge is 2.31. The molecule has 1 saturated carbocycles. The van der Waals surface area contributed by atoms with Crippen LogP contribution in [0.1, 0.15) is 30.1 Å². The second-order valence-corrected chi connectivity index (χ2v) is 4.14. The molecule has 12 heavy (non-hydrogen) atoms. The Morgan fingerprint density at radius 3 is 3.00 bits per heavy atom. The van der Waals surface area contributed by atoms with Crippen molar-refractivity contribution in [1.29, 1.82) is 0 Å². The number of ether oxygens (including phenoxy) is 1. The number of hydrogen-bond acceptors (Lipinski definition) is 2. The minimum absolute atomic E-state index is 0.659. The zero-order valence-corrected chi connectivity index (χ0v) is 8.17. The van der Waals surface area contributed by atoms with E-state index in [2.05, 4.69) is 25.7 Å². The summed E-state index contributed by atoms with van der Waals surface area (Å²) in [7, 11) is 0. The summed E-state index contributed by atoms with van der Waals surface area (Å²) in [5, 5.41) is 4.45. The van der Waals surface area contributed by atoms with Crippen molar-refractivity contribution in [1.82, 2.24) is 9.78 Å². The first-order chi connectivity index (χ1) is 5.86. The van der Waals surface area contributed by atoms with E-state index < -0.39 is 0 Å². The van der Waals surface area contributed by atoms with Crippen LogP contribution in [0, 0.1) is 0 Å². The summed E-state index contributed by atoms with van der Waals surface area (Å²) in [4.78, 5) is 0. The van der Waals surface area contributed by atoms with Crippen molar-refractivity contribution >= 4 is 15.9 Å². The van der Waals surface area contributed by atoms with Gasteiger partial charge in [-0.1, -0.05) is 0 Å². The van der Waals surface area contributed by atoms with Crippen LogP contribution < -0.4 is 0 Å². The van der Waals surface area contributed by atoms with Crippen LogP contribution in [-0.4, -0.2) is 9.78 Å². The molecule has 1 aromatic rings. The molecule has 3 nitrogen and oxygen atoms in total. The SMILES string of the molecule is Brc1nn(C2CC2)c2c1COC2. The Morgan fingerprint density at radius 2 is 2.25 bits per heavy atom. The Hall–Kier alpha value is -0.350. The van der Waals surface area contributed by atoms with Gasteiger partial charge in [0.25, 0.3) is 0 Å². The van der Waals surface area contributed by atoms with Gasteiger partial charge in [-0.3, -0.25) is 4.68 Å². The van der Waals surface area contributed by atoms with Gasteiger partial charge >= 0.3 is 0 Å². The monoisotopic (exact) mass is 228 g/mol. The topological polar surface area (TPSA) is 27.1 Å². The molecule has 0 amide bonds. The predicted octanol–water partition coefficient (Wildman–Crippen LogP) is 2.01. The Balaban J connectivity index is 2.13. The molecule has 1 fully saturated rings. The number of aromatic nitrogens is 2. The lowest BCUT2D eigenvalue weighted by atomic mass is 10.3. The third kappa shape index (κ3) is 0.880. The fourth-order valence-electron chi connectivity index (χ4n) is 1.64. The van der Waals surface area contributed by atoms with Crippen LogP contribution in [0.25, 0.3) is 0 Å². The molecule has 0 N–H and O–H groups in total.